The summed E-state index contributed by atoms with van der Waals surface area (Å²) in [6.07, 6.45) is 6.75. The Morgan fingerprint density at radius 2 is 1.34 bits per heavy atom. The molecule has 1 nitrogen and oxygen atoms in total. The molecule has 0 radical (unpaired) electrons. The summed E-state index contributed by atoms with van der Waals surface area (Å²) in [5.41, 5.74) is 10.4. The van der Waals surface area contributed by atoms with Gasteiger partial charge in [-0.1, -0.05) is 0 Å². The van der Waals surface area contributed by atoms with Crippen molar-refractivity contribution in [1.82, 2.24) is 0 Å². The second-order valence-electron chi connectivity index (χ2n) is 9.40. The maximum atomic E-state index is 6.38. The summed E-state index contributed by atoms with van der Waals surface area (Å²) in [7, 11) is 0. The fraction of sp³-hybridized carbons (Fsp3) is 0.267. The minimum atomic E-state index is -0.477. The van der Waals surface area contributed by atoms with E-state index in [9.17, 15) is 0 Å². The summed E-state index contributed by atoms with van der Waals surface area (Å²) in [6.45, 7) is 0. The van der Waals surface area contributed by atoms with Gasteiger partial charge in [-0.25, -0.2) is 0 Å². The van der Waals surface area contributed by atoms with Crippen LogP contribution in [0.1, 0.15) is 71.8 Å². The average molecular weight is 451 g/mol. The van der Waals surface area contributed by atoms with E-state index in [1.165, 1.54) is 70.7 Å². The van der Waals surface area contributed by atoms with Gasteiger partial charge in [0.15, 0.2) is 0 Å². The van der Waals surface area contributed by atoms with Gasteiger partial charge in [0, 0.05) is 0 Å². The van der Waals surface area contributed by atoms with E-state index in [1.54, 1.807) is 11.1 Å². The van der Waals surface area contributed by atoms with Crippen LogP contribution in [0.15, 0.2) is 78.9 Å². The van der Waals surface area contributed by atoms with E-state index >= 15 is 0 Å². The van der Waals surface area contributed by atoms with Crippen LogP contribution in [0.2, 0.25) is 0 Å². The molecule has 2 aliphatic rings. The molecule has 32 heavy (non-hydrogen) atoms. The Morgan fingerprint density at radius 3 is 2.03 bits per heavy atom. The third-order valence-electron chi connectivity index (χ3n) is 7.67. The summed E-state index contributed by atoms with van der Waals surface area (Å²) in [6, 6.07) is 29.7. The molecule has 0 bridgehead atoms. The van der Waals surface area contributed by atoms with Gasteiger partial charge in [0.1, 0.15) is 0 Å². The van der Waals surface area contributed by atoms with Gasteiger partial charge in [0.2, 0.25) is 0 Å². The third-order valence-corrected chi connectivity index (χ3v) is 8.54. The Hall–Kier alpha value is -2.19. The van der Waals surface area contributed by atoms with Crippen LogP contribution >= 0.6 is 0 Å². The van der Waals surface area contributed by atoms with E-state index in [0.717, 1.165) is 4.73 Å². The molecule has 0 heterocycles. The van der Waals surface area contributed by atoms with E-state index in [-0.39, 0.29) is 0 Å². The molecule has 0 saturated heterocycles. The normalized spacial score (nSPS) is 16.2. The molecule has 2 aliphatic carbocycles. The van der Waals surface area contributed by atoms with Crippen LogP contribution in [0.4, 0.5) is 0 Å². The van der Waals surface area contributed by atoms with Gasteiger partial charge in [-0.15, -0.1) is 0 Å². The Bertz CT molecular complexity index is 1240. The van der Waals surface area contributed by atoms with Gasteiger partial charge in [-0.05, 0) is 0 Å². The molecule has 0 unspecified atom stereocenters. The second kappa shape index (κ2) is 8.63. The van der Waals surface area contributed by atoms with Crippen molar-refractivity contribution in [2.75, 3.05) is 0 Å². The molecular weight excluding hydrogens is 422 g/mol. The Morgan fingerprint density at radius 1 is 0.719 bits per heavy atom. The van der Waals surface area contributed by atoms with Crippen LogP contribution in [0, 0.1) is 0 Å². The fourth-order valence-corrected chi connectivity index (χ4v) is 7.28. The van der Waals surface area contributed by atoms with Gasteiger partial charge < -0.3 is 0 Å². The first kappa shape index (κ1) is 20.4. The van der Waals surface area contributed by atoms with Crippen molar-refractivity contribution in [1.29, 1.82) is 0 Å². The molecule has 6 rings (SSSR count). The van der Waals surface area contributed by atoms with Crippen molar-refractivity contribution in [2.45, 2.75) is 48.7 Å². The zero-order valence-electron chi connectivity index (χ0n) is 18.5. The molecule has 0 aromatic heterocycles. The van der Waals surface area contributed by atoms with Gasteiger partial charge >= 0.3 is 201 Å². The van der Waals surface area contributed by atoms with Gasteiger partial charge in [0.05, 0.1) is 0 Å². The quantitative estimate of drug-likeness (QED) is 0.281. The van der Waals surface area contributed by atoms with Gasteiger partial charge in [-0.2, -0.15) is 0 Å². The summed E-state index contributed by atoms with van der Waals surface area (Å²) >= 11 is -0.477. The minimum absolute atomic E-state index is 0.308. The number of benzene rings is 4. The summed E-state index contributed by atoms with van der Waals surface area (Å²) in [5.74, 6) is 0.983. The van der Waals surface area contributed by atoms with Crippen LogP contribution in [0.5, 0.6) is 0 Å². The summed E-state index contributed by atoms with van der Waals surface area (Å²) < 4.78 is 7.46. The predicted octanol–water partition coefficient (Wildman–Crippen LogP) is 7.50. The average Bonchev–Trinajstić information content (AvgIpc) is 3.19. The predicted molar refractivity (Wildman–Crippen MR) is 130 cm³/mol. The number of hydrogen-bond donors (Lipinski definition) is 1. The molecule has 4 aromatic carbocycles. The number of fused-ring (bicyclic) bond motifs is 4. The number of hydrogen-bond acceptors (Lipinski definition) is 1. The SMILES string of the molecule is [NH2][Ti][CH2]c1c(C2c3ccccc3-c3ccccc32)cc2ccccc2c1C1CCCCC1. The molecule has 2 heteroatoms. The molecule has 1 fully saturated rings. The molecule has 1 saturated carbocycles. The van der Waals surface area contributed by atoms with Crippen molar-refractivity contribution in [3.63, 3.8) is 0 Å². The number of rotatable bonds is 4. The summed E-state index contributed by atoms with van der Waals surface area (Å²) in [4.78, 5) is 0. The fourth-order valence-electron chi connectivity index (χ4n) is 6.35. The zero-order valence-corrected chi connectivity index (χ0v) is 20.0. The molecule has 2 N–H and O–H groups in total. The first-order chi connectivity index (χ1) is 15.9. The first-order valence-electron chi connectivity index (χ1n) is 12.0. The third kappa shape index (κ3) is 3.30. The molecule has 0 amide bonds. The van der Waals surface area contributed by atoms with Gasteiger partial charge in [0.25, 0.3) is 0 Å². The van der Waals surface area contributed by atoms with Crippen molar-refractivity contribution in [3.8, 4) is 11.1 Å². The zero-order chi connectivity index (χ0) is 21.5. The van der Waals surface area contributed by atoms with Crippen molar-refractivity contribution >= 4 is 10.8 Å². The first-order valence-corrected chi connectivity index (χ1v) is 14.0. The van der Waals surface area contributed by atoms with E-state index in [0.29, 0.717) is 11.8 Å². The topological polar surface area (TPSA) is 26.0 Å². The monoisotopic (exact) mass is 451 g/mol. The van der Waals surface area contributed by atoms with E-state index in [4.69, 9.17) is 4.22 Å². The van der Waals surface area contributed by atoms with E-state index in [2.05, 4.69) is 78.9 Å². The molecule has 4 aromatic rings. The maximum absolute atomic E-state index is 6.38. The van der Waals surface area contributed by atoms with Crippen LogP contribution in [0.25, 0.3) is 21.9 Å². The number of nitrogens with two attached hydrogens (primary N) is 1. The Balaban J connectivity index is 1.66. The van der Waals surface area contributed by atoms with Crippen LogP contribution in [0.3, 0.4) is 0 Å². The van der Waals surface area contributed by atoms with Crippen molar-refractivity contribution < 1.29 is 19.4 Å². The summed E-state index contributed by atoms with van der Waals surface area (Å²) in [5, 5.41) is 2.86. The van der Waals surface area contributed by atoms with Crippen molar-refractivity contribution in [2.24, 2.45) is 4.22 Å². The van der Waals surface area contributed by atoms with Crippen LogP contribution < -0.4 is 4.22 Å². The van der Waals surface area contributed by atoms with Gasteiger partial charge in [-0.3, -0.25) is 0 Å². The molecule has 0 aliphatic heterocycles. The second-order valence-corrected chi connectivity index (χ2v) is 10.6. The Labute approximate surface area is 200 Å². The molecule has 0 spiro atoms. The molecule has 158 valence electrons. The molecular formula is C30H29NTi. The van der Waals surface area contributed by atoms with E-state index in [1.807, 2.05) is 0 Å². The van der Waals surface area contributed by atoms with Crippen molar-refractivity contribution in [3.05, 3.63) is 107 Å². The van der Waals surface area contributed by atoms with Crippen LogP contribution in [-0.4, -0.2) is 0 Å². The Kier molecular flexibility index (Phi) is 5.51. The molecule has 0 atom stereocenters. The van der Waals surface area contributed by atoms with Crippen LogP contribution in [-0.2, 0) is 24.1 Å². The van der Waals surface area contributed by atoms with E-state index < -0.39 is 19.4 Å². The standard InChI is InChI=1S/C30H27.H2N.Ti/c1-20-28(30-26-17-9-7-15-24(26)25-16-8-10-18-27(25)30)19-22-13-5-6-14-23(22)29(20)21-11-3-2-4-12-21;;/h5-10,13-19,21,30H,1-4,11-12H2;1H2;/q;-1;+1.